The first kappa shape index (κ1) is 14.6. The Hall–Kier alpha value is -0.440. The van der Waals surface area contributed by atoms with Crippen molar-refractivity contribution >= 4 is 29.7 Å². The molecule has 1 aromatic carbocycles. The van der Waals surface area contributed by atoms with Crippen molar-refractivity contribution in [2.45, 2.75) is 19.9 Å². The largest absolute Gasteiger partial charge is 0.373 e. The Morgan fingerprint density at radius 1 is 1.47 bits per heavy atom. The van der Waals surface area contributed by atoms with E-state index in [9.17, 15) is 0 Å². The van der Waals surface area contributed by atoms with E-state index in [0.717, 1.165) is 22.8 Å². The molecular weight excluding hydrogens is 231 g/mol. The van der Waals surface area contributed by atoms with Crippen LogP contribution in [0.4, 0.5) is 5.69 Å². The topological polar surface area (TPSA) is 29.3 Å². The van der Waals surface area contributed by atoms with Crippen LogP contribution in [0.5, 0.6) is 0 Å². The number of hydrogen-bond donors (Lipinski definition) is 1. The maximum Gasteiger partial charge on any atom is 0.0455 e. The van der Waals surface area contributed by atoms with Crippen molar-refractivity contribution in [3.8, 4) is 0 Å². The van der Waals surface area contributed by atoms with Crippen molar-refractivity contribution in [1.29, 1.82) is 0 Å². The van der Waals surface area contributed by atoms with E-state index in [1.165, 1.54) is 0 Å². The molecule has 15 heavy (non-hydrogen) atoms. The minimum Gasteiger partial charge on any atom is -0.373 e. The molecule has 2 nitrogen and oxygen atoms in total. The van der Waals surface area contributed by atoms with Crippen molar-refractivity contribution < 1.29 is 0 Å². The Bertz CT molecular complexity index is 313. The molecule has 0 fully saturated rings. The summed E-state index contributed by atoms with van der Waals surface area (Å²) in [5.41, 5.74) is 7.93. The Kier molecular flexibility index (Phi) is 6.03. The first-order chi connectivity index (χ1) is 6.50. The van der Waals surface area contributed by atoms with Gasteiger partial charge < -0.3 is 10.6 Å². The summed E-state index contributed by atoms with van der Waals surface area (Å²) in [6.45, 7) is 4.82. The predicted octanol–water partition coefficient (Wildman–Crippen LogP) is 2.85. The Labute approximate surface area is 103 Å². The zero-order valence-electron chi connectivity index (χ0n) is 9.33. The van der Waals surface area contributed by atoms with E-state index in [2.05, 4.69) is 11.0 Å². The highest BCUT2D eigenvalue weighted by molar-refractivity contribution is 6.31. The van der Waals surface area contributed by atoms with Gasteiger partial charge in [0.2, 0.25) is 0 Å². The summed E-state index contributed by atoms with van der Waals surface area (Å²) in [6, 6.07) is 6.22. The average Bonchev–Trinajstić information content (AvgIpc) is 2.08. The zero-order chi connectivity index (χ0) is 10.7. The lowest BCUT2D eigenvalue weighted by atomic mass is 10.2. The van der Waals surface area contributed by atoms with Gasteiger partial charge in [-0.2, -0.15) is 0 Å². The third-order valence-electron chi connectivity index (χ3n) is 2.16. The summed E-state index contributed by atoms with van der Waals surface area (Å²) in [5, 5.41) is 0.805. The van der Waals surface area contributed by atoms with Crippen LogP contribution in [0.15, 0.2) is 18.2 Å². The third kappa shape index (κ3) is 4.29. The van der Waals surface area contributed by atoms with Crippen LogP contribution < -0.4 is 10.6 Å². The molecule has 0 aliphatic rings. The number of benzene rings is 1. The molecule has 1 aromatic rings. The maximum absolute atomic E-state index is 6.04. The van der Waals surface area contributed by atoms with Gasteiger partial charge in [0.05, 0.1) is 0 Å². The molecule has 0 saturated heterocycles. The second-order valence-electron chi connectivity index (χ2n) is 3.79. The van der Waals surface area contributed by atoms with Crippen LogP contribution in [0.25, 0.3) is 0 Å². The van der Waals surface area contributed by atoms with E-state index >= 15 is 0 Å². The first-order valence-corrected chi connectivity index (χ1v) is 5.11. The highest BCUT2D eigenvalue weighted by atomic mass is 35.5. The van der Waals surface area contributed by atoms with Crippen LogP contribution >= 0.6 is 24.0 Å². The minimum absolute atomic E-state index is 0. The molecule has 1 rings (SSSR count). The van der Waals surface area contributed by atoms with Crippen LogP contribution in [0.3, 0.4) is 0 Å². The van der Waals surface area contributed by atoms with Crippen LogP contribution in [0.1, 0.15) is 12.5 Å². The second-order valence-corrected chi connectivity index (χ2v) is 4.20. The Balaban J connectivity index is 0.00000196. The van der Waals surface area contributed by atoms with E-state index < -0.39 is 0 Å². The van der Waals surface area contributed by atoms with E-state index in [0.29, 0.717) is 0 Å². The number of halogens is 2. The Morgan fingerprint density at radius 2 is 2.07 bits per heavy atom. The molecule has 86 valence electrons. The summed E-state index contributed by atoms with van der Waals surface area (Å²) in [6.07, 6.45) is 0. The minimum atomic E-state index is 0. The standard InChI is InChI=1S/C11H17ClN2.ClH/c1-8-4-5-10(6-11(8)12)14(3)7-9(2)13;/h4-6,9H,7,13H2,1-3H3;1H. The van der Waals surface area contributed by atoms with Gasteiger partial charge in [0.25, 0.3) is 0 Å². The van der Waals surface area contributed by atoms with Gasteiger partial charge >= 0.3 is 0 Å². The quantitative estimate of drug-likeness (QED) is 0.892. The van der Waals surface area contributed by atoms with Gasteiger partial charge in [0.15, 0.2) is 0 Å². The summed E-state index contributed by atoms with van der Waals surface area (Å²) < 4.78 is 0. The molecule has 0 radical (unpaired) electrons. The molecular formula is C11H18Cl2N2. The number of nitrogens with zero attached hydrogens (tertiary/aromatic N) is 1. The molecule has 1 unspecified atom stereocenters. The second kappa shape index (κ2) is 6.21. The lowest BCUT2D eigenvalue weighted by molar-refractivity contribution is 0.717. The van der Waals surface area contributed by atoms with Gasteiger partial charge in [-0.3, -0.25) is 0 Å². The zero-order valence-corrected chi connectivity index (χ0v) is 10.9. The number of anilines is 1. The molecule has 0 aliphatic carbocycles. The summed E-state index contributed by atoms with van der Waals surface area (Å²) in [4.78, 5) is 2.11. The third-order valence-corrected chi connectivity index (χ3v) is 2.57. The van der Waals surface area contributed by atoms with Gasteiger partial charge in [0, 0.05) is 30.3 Å². The molecule has 0 aromatic heterocycles. The molecule has 0 saturated carbocycles. The van der Waals surface area contributed by atoms with E-state index in [4.69, 9.17) is 17.3 Å². The predicted molar refractivity (Wildman–Crippen MR) is 70.4 cm³/mol. The fraction of sp³-hybridized carbons (Fsp3) is 0.455. The summed E-state index contributed by atoms with van der Waals surface area (Å²) >= 11 is 6.04. The molecule has 1 atom stereocenters. The van der Waals surface area contributed by atoms with Crippen LogP contribution in [-0.4, -0.2) is 19.6 Å². The molecule has 0 aliphatic heterocycles. The average molecular weight is 249 g/mol. The fourth-order valence-electron chi connectivity index (χ4n) is 1.36. The summed E-state index contributed by atoms with van der Waals surface area (Å²) in [5.74, 6) is 0. The highest BCUT2D eigenvalue weighted by Crippen LogP contribution is 2.22. The normalized spacial score (nSPS) is 11.8. The number of nitrogens with two attached hydrogens (primary N) is 1. The number of rotatable bonds is 3. The monoisotopic (exact) mass is 248 g/mol. The van der Waals surface area contributed by atoms with Crippen LogP contribution in [-0.2, 0) is 0 Å². The molecule has 2 N–H and O–H groups in total. The number of likely N-dealkylation sites (N-methyl/N-ethyl adjacent to an activating group) is 1. The molecule has 0 bridgehead atoms. The van der Waals surface area contributed by atoms with E-state index in [-0.39, 0.29) is 18.4 Å². The molecule has 0 heterocycles. The van der Waals surface area contributed by atoms with Gasteiger partial charge in [-0.1, -0.05) is 17.7 Å². The van der Waals surface area contributed by atoms with Gasteiger partial charge in [-0.15, -0.1) is 12.4 Å². The fourth-order valence-corrected chi connectivity index (χ4v) is 1.53. The van der Waals surface area contributed by atoms with Crippen molar-refractivity contribution in [1.82, 2.24) is 0 Å². The maximum atomic E-state index is 6.04. The van der Waals surface area contributed by atoms with Crippen molar-refractivity contribution in [3.63, 3.8) is 0 Å². The lowest BCUT2D eigenvalue weighted by Crippen LogP contribution is -2.32. The van der Waals surface area contributed by atoms with Gasteiger partial charge in [-0.25, -0.2) is 0 Å². The van der Waals surface area contributed by atoms with Crippen molar-refractivity contribution in [3.05, 3.63) is 28.8 Å². The molecule has 0 amide bonds. The summed E-state index contributed by atoms with van der Waals surface area (Å²) in [7, 11) is 2.02. The SMILES string of the molecule is Cc1ccc(N(C)CC(C)N)cc1Cl.Cl. The smallest absolute Gasteiger partial charge is 0.0455 e. The highest BCUT2D eigenvalue weighted by Gasteiger charge is 2.04. The molecule has 0 spiro atoms. The van der Waals surface area contributed by atoms with E-state index in [1.807, 2.05) is 33.0 Å². The molecule has 4 heteroatoms. The Morgan fingerprint density at radius 3 is 2.53 bits per heavy atom. The van der Waals surface area contributed by atoms with Gasteiger partial charge in [-0.05, 0) is 31.5 Å². The van der Waals surface area contributed by atoms with Crippen LogP contribution in [0.2, 0.25) is 5.02 Å². The number of aryl methyl sites for hydroxylation is 1. The lowest BCUT2D eigenvalue weighted by Gasteiger charge is -2.21. The number of hydrogen-bond acceptors (Lipinski definition) is 2. The van der Waals surface area contributed by atoms with Crippen molar-refractivity contribution in [2.24, 2.45) is 5.73 Å². The van der Waals surface area contributed by atoms with Gasteiger partial charge in [0.1, 0.15) is 0 Å². The van der Waals surface area contributed by atoms with Crippen LogP contribution in [0, 0.1) is 6.92 Å². The first-order valence-electron chi connectivity index (χ1n) is 4.73. The van der Waals surface area contributed by atoms with Crippen molar-refractivity contribution in [2.75, 3.05) is 18.5 Å². The van der Waals surface area contributed by atoms with E-state index in [1.54, 1.807) is 0 Å².